The molecular formula is C11H9F3N2O. The van der Waals surface area contributed by atoms with Gasteiger partial charge in [-0.1, -0.05) is 0 Å². The average molecular weight is 242 g/mol. The Hall–Kier alpha value is -1.85. The van der Waals surface area contributed by atoms with Crippen LogP contribution in [0.1, 0.15) is 17.0 Å². The predicted octanol–water partition coefficient (Wildman–Crippen LogP) is 2.56. The Labute approximate surface area is 94.3 Å². The summed E-state index contributed by atoms with van der Waals surface area (Å²) < 4.78 is 37.3. The fourth-order valence-electron chi connectivity index (χ4n) is 1.53. The number of alkyl halides is 3. The third-order valence-electron chi connectivity index (χ3n) is 2.59. The second-order valence-electron chi connectivity index (χ2n) is 3.87. The van der Waals surface area contributed by atoms with Crippen LogP contribution in [0.4, 0.5) is 13.2 Å². The van der Waals surface area contributed by atoms with Crippen LogP contribution in [0.5, 0.6) is 0 Å². The van der Waals surface area contributed by atoms with Crippen molar-refractivity contribution >= 4 is 10.9 Å². The van der Waals surface area contributed by atoms with Gasteiger partial charge in [0.2, 0.25) is 5.82 Å². The Kier molecular flexibility index (Phi) is 2.45. The highest BCUT2D eigenvalue weighted by Gasteiger charge is 2.34. The van der Waals surface area contributed by atoms with Crippen LogP contribution >= 0.6 is 0 Å². The van der Waals surface area contributed by atoms with Gasteiger partial charge >= 0.3 is 6.18 Å². The van der Waals surface area contributed by atoms with Crippen molar-refractivity contribution in [2.24, 2.45) is 0 Å². The normalized spacial score (nSPS) is 12.1. The summed E-state index contributed by atoms with van der Waals surface area (Å²) in [5.41, 5.74) is 0.919. The lowest BCUT2D eigenvalue weighted by Gasteiger charge is -2.07. The van der Waals surface area contributed by atoms with Crippen LogP contribution in [0.3, 0.4) is 0 Å². The molecular weight excluding hydrogens is 233 g/mol. The Morgan fingerprint density at radius 1 is 1.18 bits per heavy atom. The SMILES string of the molecule is Cc1cc2nc(C(F)(F)F)[nH]c(=O)c2cc1C. The number of nitrogens with one attached hydrogen (secondary N) is 1. The molecule has 1 heterocycles. The lowest BCUT2D eigenvalue weighted by atomic mass is 10.1. The van der Waals surface area contributed by atoms with Crippen molar-refractivity contribution in [1.29, 1.82) is 0 Å². The lowest BCUT2D eigenvalue weighted by molar-refractivity contribution is -0.144. The van der Waals surface area contributed by atoms with Crippen LogP contribution < -0.4 is 5.56 Å². The van der Waals surface area contributed by atoms with E-state index >= 15 is 0 Å². The fraction of sp³-hybridized carbons (Fsp3) is 0.273. The molecule has 0 aliphatic rings. The first-order valence-corrected chi connectivity index (χ1v) is 4.87. The maximum absolute atomic E-state index is 12.4. The largest absolute Gasteiger partial charge is 0.449 e. The number of aromatic amines is 1. The maximum Gasteiger partial charge on any atom is 0.449 e. The van der Waals surface area contributed by atoms with E-state index in [0.717, 1.165) is 11.1 Å². The number of nitrogens with zero attached hydrogens (tertiary/aromatic N) is 1. The molecule has 0 amide bonds. The molecule has 6 heteroatoms. The van der Waals surface area contributed by atoms with Crippen LogP contribution in [-0.4, -0.2) is 9.97 Å². The van der Waals surface area contributed by atoms with E-state index in [2.05, 4.69) is 4.98 Å². The molecule has 0 saturated heterocycles. The van der Waals surface area contributed by atoms with Gasteiger partial charge in [-0.25, -0.2) is 4.98 Å². The molecule has 17 heavy (non-hydrogen) atoms. The second-order valence-corrected chi connectivity index (χ2v) is 3.87. The summed E-state index contributed by atoms with van der Waals surface area (Å²) in [5, 5.41) is 0.168. The van der Waals surface area contributed by atoms with E-state index in [9.17, 15) is 18.0 Å². The molecule has 0 aliphatic heterocycles. The van der Waals surface area contributed by atoms with Gasteiger partial charge in [-0.3, -0.25) is 4.79 Å². The van der Waals surface area contributed by atoms with E-state index in [1.165, 1.54) is 12.1 Å². The molecule has 0 radical (unpaired) electrons. The third kappa shape index (κ3) is 2.02. The molecule has 0 fully saturated rings. The predicted molar refractivity (Wildman–Crippen MR) is 56.8 cm³/mol. The van der Waals surface area contributed by atoms with E-state index in [1.807, 2.05) is 0 Å². The molecule has 2 aromatic rings. The monoisotopic (exact) mass is 242 g/mol. The van der Waals surface area contributed by atoms with Gasteiger partial charge in [0, 0.05) is 0 Å². The number of hydrogen-bond acceptors (Lipinski definition) is 2. The van der Waals surface area contributed by atoms with Gasteiger partial charge in [-0.05, 0) is 37.1 Å². The molecule has 3 nitrogen and oxygen atoms in total. The van der Waals surface area contributed by atoms with E-state index < -0.39 is 17.6 Å². The quantitative estimate of drug-likeness (QED) is 0.771. The number of H-pyrrole nitrogens is 1. The molecule has 0 aliphatic carbocycles. The average Bonchev–Trinajstić information content (AvgIpc) is 2.19. The molecule has 1 aromatic carbocycles. The number of fused-ring (bicyclic) bond motifs is 1. The Morgan fingerprint density at radius 3 is 2.35 bits per heavy atom. The Morgan fingerprint density at radius 2 is 1.76 bits per heavy atom. The van der Waals surface area contributed by atoms with Gasteiger partial charge in [-0.15, -0.1) is 0 Å². The summed E-state index contributed by atoms with van der Waals surface area (Å²) in [6.07, 6.45) is -4.65. The Balaban J connectivity index is 2.83. The highest BCUT2D eigenvalue weighted by atomic mass is 19.4. The molecule has 0 spiro atoms. The number of aryl methyl sites for hydroxylation is 2. The van der Waals surface area contributed by atoms with Crippen LogP contribution in [0.2, 0.25) is 0 Å². The minimum absolute atomic E-state index is 0.0594. The first-order chi connectivity index (χ1) is 7.79. The van der Waals surface area contributed by atoms with Crippen molar-refractivity contribution in [3.05, 3.63) is 39.4 Å². The first kappa shape index (κ1) is 11.6. The second kappa shape index (κ2) is 3.58. The summed E-state index contributed by atoms with van der Waals surface area (Å²) in [6.45, 7) is 3.54. The molecule has 0 atom stereocenters. The zero-order valence-electron chi connectivity index (χ0n) is 9.14. The van der Waals surface area contributed by atoms with Crippen LogP contribution in [0, 0.1) is 13.8 Å². The van der Waals surface area contributed by atoms with Crippen LogP contribution in [-0.2, 0) is 6.18 Å². The van der Waals surface area contributed by atoms with E-state index in [4.69, 9.17) is 0 Å². The van der Waals surface area contributed by atoms with Gasteiger partial charge < -0.3 is 4.98 Å². The van der Waals surface area contributed by atoms with Crippen molar-refractivity contribution in [3.8, 4) is 0 Å². The topological polar surface area (TPSA) is 45.8 Å². The van der Waals surface area contributed by atoms with Crippen molar-refractivity contribution in [2.45, 2.75) is 20.0 Å². The fourth-order valence-corrected chi connectivity index (χ4v) is 1.53. The van der Waals surface area contributed by atoms with Gasteiger partial charge in [0.25, 0.3) is 5.56 Å². The Bertz CT molecular complexity index is 643. The standard InChI is InChI=1S/C11H9F3N2O/c1-5-3-7-8(4-6(5)2)15-10(11(12,13)14)16-9(7)17/h3-4H,1-2H3,(H,15,16,17). The highest BCUT2D eigenvalue weighted by molar-refractivity contribution is 5.79. The van der Waals surface area contributed by atoms with Gasteiger partial charge in [0.15, 0.2) is 0 Å². The number of benzene rings is 1. The first-order valence-electron chi connectivity index (χ1n) is 4.87. The smallest absolute Gasteiger partial charge is 0.302 e. The third-order valence-corrected chi connectivity index (χ3v) is 2.59. The van der Waals surface area contributed by atoms with Crippen molar-refractivity contribution in [1.82, 2.24) is 9.97 Å². The van der Waals surface area contributed by atoms with Crippen molar-refractivity contribution in [3.63, 3.8) is 0 Å². The maximum atomic E-state index is 12.4. The molecule has 0 bridgehead atoms. The van der Waals surface area contributed by atoms with Crippen LogP contribution in [0.15, 0.2) is 16.9 Å². The minimum Gasteiger partial charge on any atom is -0.302 e. The van der Waals surface area contributed by atoms with E-state index in [1.54, 1.807) is 18.8 Å². The molecule has 0 unspecified atom stereocenters. The molecule has 1 N–H and O–H groups in total. The summed E-state index contributed by atoms with van der Waals surface area (Å²) in [5.74, 6) is -1.27. The number of halogens is 3. The van der Waals surface area contributed by atoms with Gasteiger partial charge in [-0.2, -0.15) is 13.2 Å². The zero-order valence-corrected chi connectivity index (χ0v) is 9.14. The lowest BCUT2D eigenvalue weighted by Crippen LogP contribution is -2.19. The van der Waals surface area contributed by atoms with E-state index in [0.29, 0.717) is 0 Å². The van der Waals surface area contributed by atoms with Crippen molar-refractivity contribution < 1.29 is 13.2 Å². The number of aromatic nitrogens is 2. The van der Waals surface area contributed by atoms with Gasteiger partial charge in [0.1, 0.15) is 0 Å². The summed E-state index contributed by atoms with van der Waals surface area (Å²) in [7, 11) is 0. The molecule has 2 rings (SSSR count). The van der Waals surface area contributed by atoms with E-state index in [-0.39, 0.29) is 10.9 Å². The molecule has 90 valence electrons. The minimum atomic E-state index is -4.65. The zero-order chi connectivity index (χ0) is 12.8. The highest BCUT2D eigenvalue weighted by Crippen LogP contribution is 2.26. The molecule has 1 aromatic heterocycles. The molecule has 0 saturated carbocycles. The summed E-state index contributed by atoms with van der Waals surface area (Å²) >= 11 is 0. The number of hydrogen-bond donors (Lipinski definition) is 1. The number of rotatable bonds is 0. The van der Waals surface area contributed by atoms with Crippen molar-refractivity contribution in [2.75, 3.05) is 0 Å². The summed E-state index contributed by atoms with van der Waals surface area (Å²) in [6, 6.07) is 3.02. The summed E-state index contributed by atoms with van der Waals surface area (Å²) in [4.78, 5) is 16.7. The van der Waals surface area contributed by atoms with Crippen LogP contribution in [0.25, 0.3) is 10.9 Å². The van der Waals surface area contributed by atoms with Gasteiger partial charge in [0.05, 0.1) is 10.9 Å².